The number of rotatable bonds is 2. The Balaban J connectivity index is 2.19. The summed E-state index contributed by atoms with van der Waals surface area (Å²) in [6.07, 6.45) is 0. The van der Waals surface area contributed by atoms with Crippen LogP contribution in [0.25, 0.3) is 0 Å². The quantitative estimate of drug-likeness (QED) is 0.613. The fourth-order valence-electron chi connectivity index (χ4n) is 0.959. The van der Waals surface area contributed by atoms with Gasteiger partial charge in [0.25, 0.3) is 0 Å². The Hall–Kier alpha value is -0.580. The van der Waals surface area contributed by atoms with Gasteiger partial charge < -0.3 is 0 Å². The summed E-state index contributed by atoms with van der Waals surface area (Å²) in [5, 5.41) is 0. The first kappa shape index (κ1) is 11.9. The van der Waals surface area contributed by atoms with Gasteiger partial charge in [0.2, 0.25) is 17.0 Å². The molecule has 2 rings (SSSR count). The van der Waals surface area contributed by atoms with Crippen molar-refractivity contribution < 1.29 is 4.52 Å². The summed E-state index contributed by atoms with van der Waals surface area (Å²) in [6.45, 7) is 2.00. The highest BCUT2D eigenvalue weighted by atomic mass is 31.2. The highest BCUT2D eigenvalue weighted by molar-refractivity contribution is 7.55. The van der Waals surface area contributed by atoms with Crippen LogP contribution in [0.5, 0.6) is 5.75 Å². The Labute approximate surface area is 99.1 Å². The van der Waals surface area contributed by atoms with Crippen LogP contribution < -0.4 is 4.52 Å². The average molecular weight is 287 g/mol. The zero-order valence-electron chi connectivity index (χ0n) is 8.30. The fraction of sp³-hybridized carbons (Fsp3) is 0.143. The number of aryl methyl sites for hydroxylation is 1. The van der Waals surface area contributed by atoms with Gasteiger partial charge in [-0.05, 0) is 18.6 Å². The molecule has 0 radical (unpaired) electrons. The summed E-state index contributed by atoms with van der Waals surface area (Å²) in [5.41, 5.74) is 1.08. The summed E-state index contributed by atoms with van der Waals surface area (Å²) in [6, 6.07) is 7.83. The number of nitrogens with zero attached hydrogens (tertiary/aromatic N) is 4. The molecule has 0 fully saturated rings. The second kappa shape index (κ2) is 6.23. The van der Waals surface area contributed by atoms with E-state index in [0.717, 1.165) is 11.3 Å². The zero-order valence-corrected chi connectivity index (χ0v) is 11.9. The largest absolute Gasteiger partial charge is 0.600 e. The Bertz CT molecular complexity index is 499. The minimum absolute atomic E-state index is 0.640. The van der Waals surface area contributed by atoms with E-state index in [1.807, 2.05) is 31.2 Å². The molecule has 0 N–H and O–H groups in total. The summed E-state index contributed by atoms with van der Waals surface area (Å²) in [5.74, 6) is 0.824. The molecule has 9 heteroatoms. The Morgan fingerprint density at radius 3 is 2.81 bits per heavy atom. The highest BCUT2D eigenvalue weighted by Gasteiger charge is 2.17. The van der Waals surface area contributed by atoms with Crippen molar-refractivity contribution >= 4 is 33.7 Å². The van der Waals surface area contributed by atoms with Crippen LogP contribution >= 0.6 is 33.7 Å². The molecule has 5 nitrogen and oxygen atoms in total. The van der Waals surface area contributed by atoms with E-state index in [-0.39, 0.29) is 0 Å². The number of para-hydroxylation sites is 1. The number of hydrogen-bond acceptors (Lipinski definition) is 5. The third kappa shape index (κ3) is 3.47. The minimum atomic E-state index is -1.17. The molecule has 1 aromatic rings. The molecule has 80 valence electrons. The van der Waals surface area contributed by atoms with Gasteiger partial charge >= 0.3 is 8.09 Å². The van der Waals surface area contributed by atoms with Crippen molar-refractivity contribution in [3.8, 4) is 5.75 Å². The maximum atomic E-state index is 5.72. The lowest BCUT2D eigenvalue weighted by atomic mass is 10.2. The van der Waals surface area contributed by atoms with Crippen LogP contribution in [0.1, 0.15) is 5.56 Å². The van der Waals surface area contributed by atoms with Gasteiger partial charge in [-0.2, -0.15) is 9.03 Å². The van der Waals surface area contributed by atoms with Crippen LogP contribution in [0.3, 0.4) is 0 Å². The standard InChI is InChI=1S/C7H7N4OP4/c1-6-4-2-3-5-7(6)12-16-10-14-8-13-9-15-11-16/h2-5H,1H3/q+1. The summed E-state index contributed by atoms with van der Waals surface area (Å²) in [4.78, 5) is 0. The van der Waals surface area contributed by atoms with Crippen molar-refractivity contribution in [2.24, 2.45) is 18.1 Å². The predicted octanol–water partition coefficient (Wildman–Crippen LogP) is 6.02. The van der Waals surface area contributed by atoms with Gasteiger partial charge in [0, 0.05) is 9.03 Å². The Morgan fingerprint density at radius 1 is 1.12 bits per heavy atom. The van der Waals surface area contributed by atoms with Gasteiger partial charge in [0.1, 0.15) is 0 Å². The number of hydrogen-bond donors (Lipinski definition) is 0. The molecule has 0 saturated carbocycles. The van der Waals surface area contributed by atoms with Crippen molar-refractivity contribution in [3.05, 3.63) is 29.8 Å². The highest BCUT2D eigenvalue weighted by Crippen LogP contribution is 2.41. The molecule has 1 aliphatic heterocycles. The summed E-state index contributed by atoms with van der Waals surface area (Å²) in [7, 11) is 0.792. The molecular formula is C7H7N4OP4+. The molecule has 1 heterocycles. The molecule has 0 amide bonds. The molecule has 0 aliphatic carbocycles. The van der Waals surface area contributed by atoms with E-state index >= 15 is 0 Å². The maximum absolute atomic E-state index is 5.72. The Kier molecular flexibility index (Phi) is 4.63. The topological polar surface area (TPSA) is 58.7 Å². The minimum Gasteiger partial charge on any atom is -0.247 e. The van der Waals surface area contributed by atoms with Crippen molar-refractivity contribution in [1.29, 1.82) is 0 Å². The molecule has 0 saturated heterocycles. The van der Waals surface area contributed by atoms with Crippen LogP contribution in [-0.2, 0) is 0 Å². The van der Waals surface area contributed by atoms with Gasteiger partial charge in [-0.1, -0.05) is 18.2 Å². The van der Waals surface area contributed by atoms with E-state index in [9.17, 15) is 0 Å². The normalized spacial score (nSPS) is 19.4. The monoisotopic (exact) mass is 287 g/mol. The maximum Gasteiger partial charge on any atom is 0.600 e. The van der Waals surface area contributed by atoms with Crippen LogP contribution in [-0.4, -0.2) is 0 Å². The zero-order chi connectivity index (χ0) is 11.2. The molecule has 0 bridgehead atoms. The van der Waals surface area contributed by atoms with Crippen molar-refractivity contribution in [3.63, 3.8) is 0 Å². The molecular weight excluding hydrogens is 280 g/mol. The van der Waals surface area contributed by atoms with E-state index in [2.05, 4.69) is 18.1 Å². The van der Waals surface area contributed by atoms with Crippen molar-refractivity contribution in [1.82, 2.24) is 0 Å². The van der Waals surface area contributed by atoms with Gasteiger partial charge in [-0.15, -0.1) is 0 Å². The van der Waals surface area contributed by atoms with E-state index in [0.29, 0.717) is 25.6 Å². The van der Waals surface area contributed by atoms with E-state index in [1.165, 1.54) is 0 Å². The van der Waals surface area contributed by atoms with Crippen LogP contribution in [0.2, 0.25) is 0 Å². The van der Waals surface area contributed by atoms with Gasteiger partial charge in [-0.3, -0.25) is 0 Å². The molecule has 16 heavy (non-hydrogen) atoms. The summed E-state index contributed by atoms with van der Waals surface area (Å²) < 4.78 is 22.2. The second-order valence-electron chi connectivity index (χ2n) is 2.74. The van der Waals surface area contributed by atoms with Crippen LogP contribution in [0, 0.1) is 6.92 Å². The third-order valence-electron chi connectivity index (χ3n) is 1.67. The SMILES string of the molecule is Cc1ccccc1O[P+]1=NP=NP=NP=N1. The second-order valence-corrected chi connectivity index (χ2v) is 6.82. The molecule has 1 aromatic carbocycles. The van der Waals surface area contributed by atoms with Gasteiger partial charge in [0.05, 0.1) is 0 Å². The first-order valence-electron chi connectivity index (χ1n) is 4.31. The predicted molar refractivity (Wildman–Crippen MR) is 69.2 cm³/mol. The Morgan fingerprint density at radius 2 is 1.94 bits per heavy atom. The molecule has 0 aromatic heterocycles. The average Bonchev–Trinajstić information content (AvgIpc) is 2.24. The summed E-state index contributed by atoms with van der Waals surface area (Å²) >= 11 is 0. The third-order valence-corrected chi connectivity index (χ3v) is 5.17. The molecule has 1 aliphatic rings. The lowest BCUT2D eigenvalue weighted by Crippen LogP contribution is -1.82. The van der Waals surface area contributed by atoms with Crippen LogP contribution in [0.15, 0.2) is 42.3 Å². The molecule has 1 unspecified atom stereocenters. The van der Waals surface area contributed by atoms with E-state index < -0.39 is 8.09 Å². The van der Waals surface area contributed by atoms with Crippen LogP contribution in [0.4, 0.5) is 0 Å². The van der Waals surface area contributed by atoms with Gasteiger partial charge in [-0.25, -0.2) is 4.52 Å². The van der Waals surface area contributed by atoms with E-state index in [4.69, 9.17) is 4.52 Å². The fourth-order valence-corrected chi connectivity index (χ4v) is 4.33. The lowest BCUT2D eigenvalue weighted by molar-refractivity contribution is 0.619. The van der Waals surface area contributed by atoms with Gasteiger partial charge in [0.15, 0.2) is 14.3 Å². The molecule has 1 atom stereocenters. The van der Waals surface area contributed by atoms with Crippen molar-refractivity contribution in [2.45, 2.75) is 6.92 Å². The number of benzene rings is 1. The van der Waals surface area contributed by atoms with Crippen molar-refractivity contribution in [2.75, 3.05) is 0 Å². The van der Waals surface area contributed by atoms with E-state index in [1.54, 1.807) is 0 Å². The lowest BCUT2D eigenvalue weighted by Gasteiger charge is -1.96. The molecule has 0 spiro atoms. The first-order chi connectivity index (χ1) is 7.86. The smallest absolute Gasteiger partial charge is 0.247 e. The first-order valence-corrected chi connectivity index (χ1v) is 7.88.